The normalized spacial score (nSPS) is 18.5. The Kier molecular flexibility index (Phi) is 6.15. The molecular weight excluding hydrogens is 286 g/mol. The van der Waals surface area contributed by atoms with Gasteiger partial charge in [0.1, 0.15) is 11.5 Å². The predicted octanol–water partition coefficient (Wildman–Crippen LogP) is 1.99. The van der Waals surface area contributed by atoms with Crippen LogP contribution in [0.2, 0.25) is 0 Å². The first-order valence-corrected chi connectivity index (χ1v) is 8.15. The molecule has 5 nitrogen and oxygen atoms in total. The van der Waals surface area contributed by atoms with E-state index in [-0.39, 0.29) is 5.91 Å². The molecule has 6 heteroatoms. The summed E-state index contributed by atoms with van der Waals surface area (Å²) in [5.41, 5.74) is 0.832. The van der Waals surface area contributed by atoms with Gasteiger partial charge >= 0.3 is 0 Å². The second-order valence-corrected chi connectivity index (χ2v) is 6.03. The molecule has 21 heavy (non-hydrogen) atoms. The van der Waals surface area contributed by atoms with Crippen LogP contribution in [0.1, 0.15) is 41.6 Å². The molecule has 0 bridgehead atoms. The predicted molar refractivity (Wildman–Crippen MR) is 82.2 cm³/mol. The second kappa shape index (κ2) is 8.11. The number of amides is 1. The fourth-order valence-corrected chi connectivity index (χ4v) is 3.26. The van der Waals surface area contributed by atoms with Crippen molar-refractivity contribution < 1.29 is 9.53 Å². The minimum Gasteiger partial charge on any atom is -0.368 e. The number of nitrogens with zero attached hydrogens (tertiary/aromatic N) is 3. The molecule has 1 fully saturated rings. The van der Waals surface area contributed by atoms with Gasteiger partial charge in [-0.25, -0.2) is 0 Å². The zero-order valence-corrected chi connectivity index (χ0v) is 13.2. The molecule has 114 valence electrons. The van der Waals surface area contributed by atoms with E-state index < -0.39 is 0 Å². The average molecular weight is 307 g/mol. The first-order valence-electron chi connectivity index (χ1n) is 7.38. The molecule has 0 saturated carbocycles. The summed E-state index contributed by atoms with van der Waals surface area (Å²) in [5.74, 6) is 2.90. The Morgan fingerprint density at radius 1 is 1.62 bits per heavy atom. The van der Waals surface area contributed by atoms with E-state index in [0.29, 0.717) is 24.0 Å². The molecule has 1 atom stereocenters. The first kappa shape index (κ1) is 15.9. The number of aromatic nitrogens is 2. The van der Waals surface area contributed by atoms with Crippen molar-refractivity contribution in [3.8, 4) is 12.3 Å². The van der Waals surface area contributed by atoms with E-state index in [2.05, 4.69) is 22.4 Å². The number of hydrogen-bond acceptors (Lipinski definition) is 5. The molecule has 1 aliphatic rings. The molecule has 0 aromatic carbocycles. The summed E-state index contributed by atoms with van der Waals surface area (Å²) in [4.78, 5) is 15.2. The third-order valence-corrected chi connectivity index (χ3v) is 4.34. The lowest BCUT2D eigenvalue weighted by molar-refractivity contribution is 0.0537. The van der Waals surface area contributed by atoms with Crippen molar-refractivity contribution in [2.24, 2.45) is 5.92 Å². The fourth-order valence-electron chi connectivity index (χ4n) is 2.59. The van der Waals surface area contributed by atoms with E-state index in [1.807, 2.05) is 4.90 Å². The van der Waals surface area contributed by atoms with Crippen molar-refractivity contribution in [3.63, 3.8) is 0 Å². The highest BCUT2D eigenvalue weighted by molar-refractivity contribution is 7.08. The number of ether oxygens (including phenoxy) is 1. The molecule has 0 aliphatic carbocycles. The number of terminal acetylenes is 1. The van der Waals surface area contributed by atoms with Gasteiger partial charge in [0.15, 0.2) is 0 Å². The molecule has 2 heterocycles. The monoisotopic (exact) mass is 307 g/mol. The largest absolute Gasteiger partial charge is 0.368 e. The number of carbonyl (C=O) groups excluding carboxylic acids is 1. The average Bonchev–Trinajstić information content (AvgIpc) is 2.96. The molecule has 1 aliphatic heterocycles. The van der Waals surface area contributed by atoms with Crippen LogP contribution in [0.25, 0.3) is 0 Å². The van der Waals surface area contributed by atoms with Crippen molar-refractivity contribution in [1.29, 1.82) is 0 Å². The van der Waals surface area contributed by atoms with E-state index in [0.717, 1.165) is 44.5 Å². The number of aryl methyl sites for hydroxylation is 1. The van der Waals surface area contributed by atoms with E-state index in [4.69, 9.17) is 11.2 Å². The van der Waals surface area contributed by atoms with Crippen LogP contribution in [0.4, 0.5) is 0 Å². The molecule has 0 spiro atoms. The summed E-state index contributed by atoms with van der Waals surface area (Å²) in [6.07, 6.45) is 9.03. The van der Waals surface area contributed by atoms with Gasteiger partial charge < -0.3 is 9.64 Å². The van der Waals surface area contributed by atoms with Crippen LogP contribution in [0.15, 0.2) is 0 Å². The maximum atomic E-state index is 12.6. The summed E-state index contributed by atoms with van der Waals surface area (Å²) in [6.45, 7) is 4.56. The Labute approximate surface area is 129 Å². The van der Waals surface area contributed by atoms with Crippen molar-refractivity contribution in [2.75, 3.05) is 26.3 Å². The topological polar surface area (TPSA) is 55.3 Å². The van der Waals surface area contributed by atoms with Crippen LogP contribution >= 0.6 is 11.5 Å². The Morgan fingerprint density at radius 2 is 2.48 bits per heavy atom. The molecule has 0 radical (unpaired) electrons. The molecular formula is C15H21N3O2S. The molecule has 1 aromatic heterocycles. The lowest BCUT2D eigenvalue weighted by Crippen LogP contribution is -2.41. The summed E-state index contributed by atoms with van der Waals surface area (Å²) >= 11 is 1.20. The van der Waals surface area contributed by atoms with Gasteiger partial charge in [0.05, 0.1) is 12.3 Å². The van der Waals surface area contributed by atoms with Gasteiger partial charge in [0.25, 0.3) is 5.91 Å². The number of rotatable bonds is 6. The summed E-state index contributed by atoms with van der Waals surface area (Å²) in [6, 6.07) is 0. The molecule has 1 aromatic rings. The maximum absolute atomic E-state index is 12.6. The fraction of sp³-hybridized carbons (Fsp3) is 0.667. The summed E-state index contributed by atoms with van der Waals surface area (Å²) < 4.78 is 9.34. The Bertz CT molecular complexity index is 509. The Hall–Kier alpha value is -1.45. The van der Waals surface area contributed by atoms with Crippen LogP contribution in [0, 0.1) is 18.3 Å². The molecule has 1 saturated heterocycles. The lowest BCUT2D eigenvalue weighted by Gasteiger charge is -2.32. The van der Waals surface area contributed by atoms with E-state index >= 15 is 0 Å². The third-order valence-electron chi connectivity index (χ3n) is 3.58. The SMILES string of the molecule is C#CCOCC1CCCN(C(=O)c2snnc2CCC)C1. The number of hydrogen-bond donors (Lipinski definition) is 0. The van der Waals surface area contributed by atoms with Crippen molar-refractivity contribution in [3.05, 3.63) is 10.6 Å². The molecule has 1 amide bonds. The van der Waals surface area contributed by atoms with E-state index in [1.54, 1.807) is 0 Å². The zero-order valence-electron chi connectivity index (χ0n) is 12.4. The summed E-state index contributed by atoms with van der Waals surface area (Å²) in [5, 5.41) is 4.08. The smallest absolute Gasteiger partial charge is 0.267 e. The second-order valence-electron chi connectivity index (χ2n) is 5.28. The maximum Gasteiger partial charge on any atom is 0.267 e. The van der Waals surface area contributed by atoms with Crippen LogP contribution in [0.3, 0.4) is 0 Å². The van der Waals surface area contributed by atoms with E-state index in [1.165, 1.54) is 11.5 Å². The molecule has 1 unspecified atom stereocenters. The van der Waals surface area contributed by atoms with Crippen LogP contribution in [0.5, 0.6) is 0 Å². The Balaban J connectivity index is 1.95. The summed E-state index contributed by atoms with van der Waals surface area (Å²) in [7, 11) is 0. The number of carbonyl (C=O) groups is 1. The van der Waals surface area contributed by atoms with Crippen molar-refractivity contribution in [2.45, 2.75) is 32.6 Å². The lowest BCUT2D eigenvalue weighted by atomic mass is 9.98. The zero-order chi connectivity index (χ0) is 15.1. The van der Waals surface area contributed by atoms with Crippen molar-refractivity contribution >= 4 is 17.4 Å². The van der Waals surface area contributed by atoms with Gasteiger partial charge in [-0.15, -0.1) is 11.5 Å². The van der Waals surface area contributed by atoms with Gasteiger partial charge in [0.2, 0.25) is 0 Å². The third kappa shape index (κ3) is 4.26. The van der Waals surface area contributed by atoms with Crippen LogP contribution in [-0.4, -0.2) is 46.7 Å². The highest BCUT2D eigenvalue weighted by atomic mass is 32.1. The van der Waals surface area contributed by atoms with Crippen molar-refractivity contribution in [1.82, 2.24) is 14.5 Å². The Morgan fingerprint density at radius 3 is 3.24 bits per heavy atom. The van der Waals surface area contributed by atoms with Gasteiger partial charge in [-0.1, -0.05) is 23.8 Å². The highest BCUT2D eigenvalue weighted by Crippen LogP contribution is 2.21. The van der Waals surface area contributed by atoms with E-state index in [9.17, 15) is 4.79 Å². The highest BCUT2D eigenvalue weighted by Gasteiger charge is 2.27. The van der Waals surface area contributed by atoms with Gasteiger partial charge in [-0.2, -0.15) is 0 Å². The minimum absolute atomic E-state index is 0.0649. The van der Waals surface area contributed by atoms with Gasteiger partial charge in [-0.05, 0) is 30.8 Å². The van der Waals surface area contributed by atoms with Crippen LogP contribution < -0.4 is 0 Å². The van der Waals surface area contributed by atoms with Gasteiger partial charge in [0, 0.05) is 19.0 Å². The number of piperidine rings is 1. The minimum atomic E-state index is 0.0649. The van der Waals surface area contributed by atoms with Gasteiger partial charge in [-0.3, -0.25) is 4.79 Å². The number of likely N-dealkylation sites (tertiary alicyclic amines) is 1. The molecule has 2 rings (SSSR count). The molecule has 0 N–H and O–H groups in total. The quantitative estimate of drug-likeness (QED) is 0.596. The standard InChI is InChI=1S/C15H21N3O2S/c1-3-6-13-14(21-17-16-13)15(19)18-8-5-7-12(10-18)11-20-9-4-2/h2,12H,3,5-11H2,1H3. The van der Waals surface area contributed by atoms with Crippen LogP contribution in [-0.2, 0) is 11.2 Å². The first-order chi connectivity index (χ1) is 10.3.